The Morgan fingerprint density at radius 2 is 2.23 bits per heavy atom. The molecule has 0 radical (unpaired) electrons. The largest absolute Gasteiger partial charge is 0.325 e. The Morgan fingerprint density at radius 3 is 2.62 bits per heavy atom. The van der Waals surface area contributed by atoms with Crippen molar-refractivity contribution in [2.75, 3.05) is 6.54 Å². The molecule has 1 heterocycles. The molecule has 0 bridgehead atoms. The van der Waals surface area contributed by atoms with Gasteiger partial charge in [-0.3, -0.25) is 15.0 Å². The molecule has 1 aliphatic rings. The third-order valence-corrected chi connectivity index (χ3v) is 1.81. The summed E-state index contributed by atoms with van der Waals surface area (Å²) in [6.07, 6.45) is 1.29. The zero-order chi connectivity index (χ0) is 9.14. The van der Waals surface area contributed by atoms with E-state index in [4.69, 9.17) is 5.73 Å². The molecule has 13 heavy (non-hydrogen) atoms. The molecule has 1 rings (SSSR count). The van der Waals surface area contributed by atoms with Crippen molar-refractivity contribution in [1.29, 1.82) is 0 Å². The van der Waals surface area contributed by atoms with Crippen LogP contribution in [0.5, 0.6) is 0 Å². The highest BCUT2D eigenvalue weighted by Crippen LogP contribution is 2.05. The van der Waals surface area contributed by atoms with Crippen molar-refractivity contribution in [2.24, 2.45) is 5.73 Å². The molecular formula is C7H14ClN3O2. The topological polar surface area (TPSA) is 75.4 Å². The Hall–Kier alpha value is -0.810. The van der Waals surface area contributed by atoms with Gasteiger partial charge in [-0.25, -0.2) is 4.79 Å². The summed E-state index contributed by atoms with van der Waals surface area (Å²) in [6, 6.07) is -0.374. The Labute approximate surface area is 83.0 Å². The van der Waals surface area contributed by atoms with Crippen molar-refractivity contribution < 1.29 is 9.59 Å². The van der Waals surface area contributed by atoms with Gasteiger partial charge < -0.3 is 5.73 Å². The van der Waals surface area contributed by atoms with E-state index in [0.29, 0.717) is 0 Å². The first-order valence-corrected chi connectivity index (χ1v) is 4.01. The lowest BCUT2D eigenvalue weighted by Gasteiger charge is -2.20. The average Bonchev–Trinajstić information content (AvgIpc) is 2.30. The van der Waals surface area contributed by atoms with Gasteiger partial charge in [0.2, 0.25) is 5.91 Å². The molecule has 1 saturated heterocycles. The van der Waals surface area contributed by atoms with Crippen LogP contribution < -0.4 is 11.1 Å². The van der Waals surface area contributed by atoms with Gasteiger partial charge in [-0.15, -0.1) is 12.4 Å². The van der Waals surface area contributed by atoms with E-state index in [0.717, 1.165) is 12.8 Å². The highest BCUT2D eigenvalue weighted by Gasteiger charge is 2.30. The second kappa shape index (κ2) is 5.04. The van der Waals surface area contributed by atoms with E-state index >= 15 is 0 Å². The van der Waals surface area contributed by atoms with Gasteiger partial charge >= 0.3 is 6.03 Å². The normalized spacial score (nSPS) is 18.2. The van der Waals surface area contributed by atoms with Gasteiger partial charge in [0.05, 0.1) is 6.17 Å². The molecule has 1 aliphatic heterocycles. The molecule has 0 aromatic heterocycles. The zero-order valence-corrected chi connectivity index (χ0v) is 8.26. The number of halogens is 1. The fourth-order valence-corrected chi connectivity index (χ4v) is 1.18. The zero-order valence-electron chi connectivity index (χ0n) is 7.45. The number of nitrogens with two attached hydrogens (primary N) is 1. The van der Waals surface area contributed by atoms with Gasteiger partial charge in [0.15, 0.2) is 0 Å². The first-order chi connectivity index (χ1) is 5.65. The van der Waals surface area contributed by atoms with Gasteiger partial charge in [0.1, 0.15) is 6.54 Å². The van der Waals surface area contributed by atoms with Crippen LogP contribution in [0.1, 0.15) is 19.8 Å². The summed E-state index contributed by atoms with van der Waals surface area (Å²) in [6.45, 7) is 2.08. The van der Waals surface area contributed by atoms with E-state index in [1.165, 1.54) is 4.90 Å². The molecule has 0 saturated carbocycles. The predicted molar refractivity (Wildman–Crippen MR) is 50.4 cm³/mol. The molecule has 1 unspecified atom stereocenters. The van der Waals surface area contributed by atoms with Crippen LogP contribution in [-0.4, -0.2) is 29.5 Å². The number of carbonyl (C=O) groups excluding carboxylic acids is 2. The molecule has 76 valence electrons. The van der Waals surface area contributed by atoms with Crippen molar-refractivity contribution in [1.82, 2.24) is 10.2 Å². The SMILES string of the molecule is CCCC(N)N1CC(=O)NC1=O.Cl. The van der Waals surface area contributed by atoms with E-state index in [-0.39, 0.29) is 37.1 Å². The minimum atomic E-state index is -0.374. The molecule has 5 nitrogen and oxygen atoms in total. The second-order valence-corrected chi connectivity index (χ2v) is 2.84. The summed E-state index contributed by atoms with van der Waals surface area (Å²) >= 11 is 0. The van der Waals surface area contributed by atoms with Gasteiger partial charge in [-0.2, -0.15) is 0 Å². The van der Waals surface area contributed by atoms with Crippen molar-refractivity contribution >= 4 is 24.3 Å². The average molecular weight is 208 g/mol. The van der Waals surface area contributed by atoms with E-state index in [1.54, 1.807) is 0 Å². The Kier molecular flexibility index (Phi) is 4.72. The second-order valence-electron chi connectivity index (χ2n) is 2.84. The van der Waals surface area contributed by atoms with Crippen LogP contribution in [0.2, 0.25) is 0 Å². The number of carbonyl (C=O) groups is 2. The highest BCUT2D eigenvalue weighted by molar-refractivity contribution is 6.01. The number of imide groups is 1. The maximum absolute atomic E-state index is 11.0. The van der Waals surface area contributed by atoms with E-state index < -0.39 is 0 Å². The smallest absolute Gasteiger partial charge is 0.311 e. The molecular weight excluding hydrogens is 194 g/mol. The van der Waals surface area contributed by atoms with Crippen LogP contribution >= 0.6 is 12.4 Å². The predicted octanol–water partition coefficient (Wildman–Crippen LogP) is 0.0449. The Bertz CT molecular complexity index is 210. The first kappa shape index (κ1) is 12.2. The maximum atomic E-state index is 11.0. The lowest BCUT2D eigenvalue weighted by Crippen LogP contribution is -2.43. The van der Waals surface area contributed by atoms with Crippen LogP contribution in [0.15, 0.2) is 0 Å². The summed E-state index contributed by atoms with van der Waals surface area (Å²) in [4.78, 5) is 23.1. The monoisotopic (exact) mass is 207 g/mol. The third-order valence-electron chi connectivity index (χ3n) is 1.81. The van der Waals surface area contributed by atoms with Crippen LogP contribution in [0.4, 0.5) is 4.79 Å². The molecule has 6 heteroatoms. The Balaban J connectivity index is 0.00000144. The van der Waals surface area contributed by atoms with Gasteiger partial charge in [0.25, 0.3) is 0 Å². The number of hydrogen-bond donors (Lipinski definition) is 2. The third kappa shape index (κ3) is 2.86. The number of amides is 3. The molecule has 3 N–H and O–H groups in total. The van der Waals surface area contributed by atoms with Gasteiger partial charge in [-0.1, -0.05) is 13.3 Å². The molecule has 3 amide bonds. The summed E-state index contributed by atoms with van der Waals surface area (Å²) in [5.74, 6) is -0.272. The summed E-state index contributed by atoms with van der Waals surface area (Å²) in [5, 5.41) is 2.17. The maximum Gasteiger partial charge on any atom is 0.325 e. The number of urea groups is 1. The van der Waals surface area contributed by atoms with Crippen molar-refractivity contribution in [2.45, 2.75) is 25.9 Å². The van der Waals surface area contributed by atoms with Crippen LogP contribution in [0.25, 0.3) is 0 Å². The molecule has 0 aliphatic carbocycles. The van der Waals surface area contributed by atoms with E-state index in [9.17, 15) is 9.59 Å². The highest BCUT2D eigenvalue weighted by atomic mass is 35.5. The molecule has 0 aromatic rings. The molecule has 1 atom stereocenters. The molecule has 0 aromatic carbocycles. The fourth-order valence-electron chi connectivity index (χ4n) is 1.18. The quantitative estimate of drug-likeness (QED) is 0.642. The van der Waals surface area contributed by atoms with Crippen molar-refractivity contribution in [3.63, 3.8) is 0 Å². The lowest BCUT2D eigenvalue weighted by molar-refractivity contribution is -0.118. The fraction of sp³-hybridized carbons (Fsp3) is 0.714. The minimum absolute atomic E-state index is 0. The van der Waals surface area contributed by atoms with E-state index in [1.807, 2.05) is 6.92 Å². The number of nitrogens with zero attached hydrogens (tertiary/aromatic N) is 1. The van der Waals surface area contributed by atoms with Crippen LogP contribution in [0, 0.1) is 0 Å². The van der Waals surface area contributed by atoms with Gasteiger partial charge in [-0.05, 0) is 6.42 Å². The van der Waals surface area contributed by atoms with Crippen LogP contribution in [-0.2, 0) is 4.79 Å². The standard InChI is InChI=1S/C7H13N3O2.ClH/c1-2-3-5(8)10-4-6(11)9-7(10)12;/h5H,2-4,8H2,1H3,(H,9,11,12);1H. The van der Waals surface area contributed by atoms with Gasteiger partial charge in [0, 0.05) is 0 Å². The van der Waals surface area contributed by atoms with Crippen LogP contribution in [0.3, 0.4) is 0 Å². The minimum Gasteiger partial charge on any atom is -0.311 e. The molecule has 0 spiro atoms. The first-order valence-electron chi connectivity index (χ1n) is 4.01. The molecule has 1 fully saturated rings. The number of nitrogens with one attached hydrogen (secondary N) is 1. The van der Waals surface area contributed by atoms with E-state index in [2.05, 4.69) is 5.32 Å². The summed E-state index contributed by atoms with van der Waals surface area (Å²) < 4.78 is 0. The summed E-state index contributed by atoms with van der Waals surface area (Å²) in [5.41, 5.74) is 5.65. The lowest BCUT2D eigenvalue weighted by atomic mass is 10.2. The Morgan fingerprint density at radius 1 is 1.62 bits per heavy atom. The number of rotatable bonds is 3. The number of hydrogen-bond acceptors (Lipinski definition) is 3. The summed E-state index contributed by atoms with van der Waals surface area (Å²) in [7, 11) is 0. The van der Waals surface area contributed by atoms with Crippen molar-refractivity contribution in [3.8, 4) is 0 Å². The van der Waals surface area contributed by atoms with Crippen molar-refractivity contribution in [3.05, 3.63) is 0 Å².